The molecular weight excluding hydrogens is 408 g/mol. The second-order valence-corrected chi connectivity index (χ2v) is 6.93. The Hall–Kier alpha value is -4.08. The standard InChI is InChI=1S/C21H17F2N5O3/c1-27-18-16(25-17(26-18)19(29)24-10-12-5-3-2-4-6-12)20(30)28(21(27)31)11-13-7-8-14(22)15(23)9-13/h2-9H,10-11H2,1H3,(H,24,29)(H,25,26). The number of nitrogens with zero attached hydrogens (tertiary/aromatic N) is 3. The number of aromatic nitrogens is 4. The van der Waals surface area contributed by atoms with E-state index in [1.54, 1.807) is 0 Å². The molecule has 31 heavy (non-hydrogen) atoms. The van der Waals surface area contributed by atoms with Crippen LogP contribution in [0.3, 0.4) is 0 Å². The van der Waals surface area contributed by atoms with Gasteiger partial charge in [0, 0.05) is 13.6 Å². The number of hydrogen-bond acceptors (Lipinski definition) is 4. The van der Waals surface area contributed by atoms with E-state index in [4.69, 9.17) is 0 Å². The zero-order valence-corrected chi connectivity index (χ0v) is 16.4. The average molecular weight is 425 g/mol. The molecule has 0 fully saturated rings. The first-order valence-corrected chi connectivity index (χ1v) is 9.30. The van der Waals surface area contributed by atoms with E-state index >= 15 is 0 Å². The first-order chi connectivity index (χ1) is 14.8. The second-order valence-electron chi connectivity index (χ2n) is 6.93. The van der Waals surface area contributed by atoms with Crippen LogP contribution in [0.5, 0.6) is 0 Å². The highest BCUT2D eigenvalue weighted by Gasteiger charge is 2.19. The molecule has 10 heteroatoms. The zero-order valence-electron chi connectivity index (χ0n) is 16.4. The Morgan fingerprint density at radius 3 is 2.52 bits per heavy atom. The van der Waals surface area contributed by atoms with Gasteiger partial charge in [0.15, 0.2) is 28.6 Å². The molecule has 0 atom stereocenters. The van der Waals surface area contributed by atoms with Crippen molar-refractivity contribution in [3.05, 3.63) is 98.0 Å². The van der Waals surface area contributed by atoms with Crippen LogP contribution in [0.25, 0.3) is 11.2 Å². The van der Waals surface area contributed by atoms with Gasteiger partial charge in [-0.3, -0.25) is 18.7 Å². The fourth-order valence-electron chi connectivity index (χ4n) is 3.18. The molecule has 0 aliphatic rings. The maximum Gasteiger partial charge on any atom is 0.332 e. The average Bonchev–Trinajstić information content (AvgIpc) is 3.23. The Balaban J connectivity index is 1.67. The van der Waals surface area contributed by atoms with Crippen molar-refractivity contribution < 1.29 is 13.6 Å². The summed E-state index contributed by atoms with van der Waals surface area (Å²) in [6.07, 6.45) is 0. The lowest BCUT2D eigenvalue weighted by atomic mass is 10.2. The molecule has 2 N–H and O–H groups in total. The number of nitrogens with one attached hydrogen (secondary N) is 2. The van der Waals surface area contributed by atoms with E-state index in [1.165, 1.54) is 13.1 Å². The number of hydrogen-bond donors (Lipinski definition) is 2. The quantitative estimate of drug-likeness (QED) is 0.508. The summed E-state index contributed by atoms with van der Waals surface area (Å²) < 4.78 is 28.6. The molecular formula is C21H17F2N5O3. The summed E-state index contributed by atoms with van der Waals surface area (Å²) >= 11 is 0. The van der Waals surface area contributed by atoms with Gasteiger partial charge in [-0.1, -0.05) is 36.4 Å². The topological polar surface area (TPSA) is 102 Å². The first kappa shape index (κ1) is 20.2. The van der Waals surface area contributed by atoms with Crippen molar-refractivity contribution in [1.82, 2.24) is 24.4 Å². The number of carbonyl (C=O) groups is 1. The van der Waals surface area contributed by atoms with Gasteiger partial charge < -0.3 is 10.3 Å². The Bertz CT molecular complexity index is 1410. The van der Waals surface area contributed by atoms with Crippen LogP contribution in [-0.4, -0.2) is 25.0 Å². The van der Waals surface area contributed by atoms with Crippen LogP contribution < -0.4 is 16.6 Å². The molecule has 0 spiro atoms. The number of rotatable bonds is 5. The highest BCUT2D eigenvalue weighted by Crippen LogP contribution is 2.10. The third kappa shape index (κ3) is 3.87. The number of benzene rings is 2. The number of H-pyrrole nitrogens is 1. The summed E-state index contributed by atoms with van der Waals surface area (Å²) in [6, 6.07) is 12.4. The van der Waals surface area contributed by atoms with E-state index in [0.717, 1.165) is 26.8 Å². The largest absolute Gasteiger partial charge is 0.345 e. The monoisotopic (exact) mass is 425 g/mol. The van der Waals surface area contributed by atoms with Gasteiger partial charge in [-0.25, -0.2) is 18.6 Å². The Labute approximate surface area is 173 Å². The SMILES string of the molecule is Cn1c(=O)n(Cc2ccc(F)c(F)c2)c(=O)c2[nH]c(C(=O)NCc3ccccc3)nc21. The lowest BCUT2D eigenvalue weighted by molar-refractivity contribution is 0.0941. The van der Waals surface area contributed by atoms with E-state index < -0.39 is 28.8 Å². The molecule has 0 saturated heterocycles. The predicted octanol–water partition coefficient (Wildman–Crippen LogP) is 1.68. The van der Waals surface area contributed by atoms with Crippen LogP contribution in [-0.2, 0) is 20.1 Å². The molecule has 4 aromatic rings. The van der Waals surface area contributed by atoms with Gasteiger partial charge in [0.05, 0.1) is 6.54 Å². The van der Waals surface area contributed by atoms with Crippen molar-refractivity contribution in [2.75, 3.05) is 0 Å². The van der Waals surface area contributed by atoms with E-state index in [1.807, 2.05) is 30.3 Å². The van der Waals surface area contributed by atoms with E-state index in [0.29, 0.717) is 0 Å². The lowest BCUT2D eigenvalue weighted by Crippen LogP contribution is -2.39. The van der Waals surface area contributed by atoms with Crippen LogP contribution in [0.2, 0.25) is 0 Å². The molecule has 0 bridgehead atoms. The van der Waals surface area contributed by atoms with E-state index in [9.17, 15) is 23.2 Å². The minimum atomic E-state index is -1.08. The molecule has 0 saturated carbocycles. The zero-order chi connectivity index (χ0) is 22.1. The number of amides is 1. The third-order valence-electron chi connectivity index (χ3n) is 4.81. The summed E-state index contributed by atoms with van der Waals surface area (Å²) in [5, 5.41) is 2.69. The summed E-state index contributed by atoms with van der Waals surface area (Å²) in [7, 11) is 1.40. The Kier molecular flexibility index (Phi) is 5.20. The summed E-state index contributed by atoms with van der Waals surface area (Å²) in [6.45, 7) is -0.0107. The van der Waals surface area contributed by atoms with Crippen LogP contribution in [0.15, 0.2) is 58.1 Å². The van der Waals surface area contributed by atoms with Crippen LogP contribution >= 0.6 is 0 Å². The van der Waals surface area contributed by atoms with Crippen molar-refractivity contribution in [3.8, 4) is 0 Å². The maximum absolute atomic E-state index is 13.5. The van der Waals surface area contributed by atoms with Gasteiger partial charge in [0.1, 0.15) is 0 Å². The van der Waals surface area contributed by atoms with Crippen molar-refractivity contribution >= 4 is 17.1 Å². The third-order valence-corrected chi connectivity index (χ3v) is 4.81. The number of carbonyl (C=O) groups excluding carboxylic acids is 1. The molecule has 158 valence electrons. The van der Waals surface area contributed by atoms with Crippen LogP contribution in [0.4, 0.5) is 8.78 Å². The molecule has 0 unspecified atom stereocenters. The number of aryl methyl sites for hydroxylation is 1. The molecule has 2 aromatic heterocycles. The number of aromatic amines is 1. The molecule has 8 nitrogen and oxygen atoms in total. The maximum atomic E-state index is 13.5. The van der Waals surface area contributed by atoms with Gasteiger partial charge >= 0.3 is 5.69 Å². The van der Waals surface area contributed by atoms with Crippen molar-refractivity contribution in [3.63, 3.8) is 0 Å². The lowest BCUT2D eigenvalue weighted by Gasteiger charge is -2.08. The summed E-state index contributed by atoms with van der Waals surface area (Å²) in [5.41, 5.74) is -0.343. The predicted molar refractivity (Wildman–Crippen MR) is 109 cm³/mol. The molecule has 2 aromatic carbocycles. The summed E-state index contributed by atoms with van der Waals surface area (Å²) in [5.74, 6) is -2.77. The smallest absolute Gasteiger partial charge is 0.332 e. The molecule has 0 aliphatic carbocycles. The van der Waals surface area contributed by atoms with Crippen molar-refractivity contribution in [1.29, 1.82) is 0 Å². The normalized spacial score (nSPS) is 11.1. The van der Waals surface area contributed by atoms with Crippen LogP contribution in [0, 0.1) is 11.6 Å². The number of halogens is 2. The second kappa shape index (κ2) is 7.98. The highest BCUT2D eigenvalue weighted by molar-refractivity contribution is 5.93. The van der Waals surface area contributed by atoms with Gasteiger partial charge in [0.25, 0.3) is 11.5 Å². The van der Waals surface area contributed by atoms with E-state index in [2.05, 4.69) is 15.3 Å². The number of imidazole rings is 1. The first-order valence-electron chi connectivity index (χ1n) is 9.30. The fourth-order valence-corrected chi connectivity index (χ4v) is 3.18. The summed E-state index contributed by atoms with van der Waals surface area (Å²) in [4.78, 5) is 44.7. The van der Waals surface area contributed by atoms with Gasteiger partial charge in [-0.15, -0.1) is 0 Å². The van der Waals surface area contributed by atoms with Crippen molar-refractivity contribution in [2.45, 2.75) is 13.1 Å². The van der Waals surface area contributed by atoms with E-state index in [-0.39, 0.29) is 35.6 Å². The molecule has 1 amide bonds. The Morgan fingerprint density at radius 2 is 1.81 bits per heavy atom. The van der Waals surface area contributed by atoms with Crippen molar-refractivity contribution in [2.24, 2.45) is 7.05 Å². The van der Waals surface area contributed by atoms with Gasteiger partial charge in [-0.2, -0.15) is 0 Å². The van der Waals surface area contributed by atoms with Gasteiger partial charge in [0.2, 0.25) is 0 Å². The fraction of sp³-hybridized carbons (Fsp3) is 0.143. The Morgan fingerprint density at radius 1 is 1.06 bits per heavy atom. The molecule has 0 radical (unpaired) electrons. The molecule has 2 heterocycles. The minimum Gasteiger partial charge on any atom is -0.345 e. The highest BCUT2D eigenvalue weighted by atomic mass is 19.2. The molecule has 4 rings (SSSR count). The van der Waals surface area contributed by atoms with Gasteiger partial charge in [-0.05, 0) is 23.3 Å². The number of fused-ring (bicyclic) bond motifs is 1. The minimum absolute atomic E-state index is 0.0152. The molecule has 0 aliphatic heterocycles. The van der Waals surface area contributed by atoms with Crippen LogP contribution in [0.1, 0.15) is 21.7 Å².